The number of aliphatic hydroxyl groups is 2. The summed E-state index contributed by atoms with van der Waals surface area (Å²) < 4.78 is 7.93. The van der Waals surface area contributed by atoms with E-state index in [-0.39, 0.29) is 17.3 Å². The molecular weight excluding hydrogens is 532 g/mol. The Kier molecular flexibility index (Phi) is 7.41. The van der Waals surface area contributed by atoms with E-state index in [2.05, 4.69) is 72.7 Å². The predicted octanol–water partition coefficient (Wildman–Crippen LogP) is 3.51. The van der Waals surface area contributed by atoms with Crippen molar-refractivity contribution in [3.8, 4) is 0 Å². The van der Waals surface area contributed by atoms with Crippen LogP contribution in [-0.2, 0) is 16.6 Å². The largest absolute Gasteiger partial charge is 0.397 e. The number of hydrogen-bond donors (Lipinski definition) is 5. The minimum absolute atomic E-state index is 0.107. The van der Waals surface area contributed by atoms with Crippen molar-refractivity contribution in [2.24, 2.45) is 5.92 Å². The molecule has 4 aromatic rings. The van der Waals surface area contributed by atoms with Gasteiger partial charge < -0.3 is 36.0 Å². The second kappa shape index (κ2) is 10.8. The minimum Gasteiger partial charge on any atom is -0.397 e. The number of aromatic amines is 1. The predicted molar refractivity (Wildman–Crippen MR) is 164 cm³/mol. The van der Waals surface area contributed by atoms with E-state index >= 15 is 0 Å². The summed E-state index contributed by atoms with van der Waals surface area (Å²) in [5.74, 6) is 1.94. The average Bonchev–Trinajstić information content (AvgIpc) is 3.55. The van der Waals surface area contributed by atoms with Crippen LogP contribution in [0.3, 0.4) is 0 Å². The van der Waals surface area contributed by atoms with E-state index in [9.17, 15) is 10.2 Å². The van der Waals surface area contributed by atoms with Gasteiger partial charge in [-0.25, -0.2) is 15.0 Å². The number of rotatable bonds is 8. The number of nitrogens with zero attached hydrogens (tertiary/aromatic N) is 5. The second-order valence-electron chi connectivity index (χ2n) is 13.5. The third-order valence-corrected chi connectivity index (χ3v) is 9.20. The Bertz CT molecular complexity index is 1570. The molecule has 11 heteroatoms. The van der Waals surface area contributed by atoms with Crippen LogP contribution in [0.25, 0.3) is 22.1 Å². The Hall–Kier alpha value is -3.25. The zero-order chi connectivity index (χ0) is 29.9. The Morgan fingerprint density at radius 1 is 1.14 bits per heavy atom. The first kappa shape index (κ1) is 28.9. The average molecular weight is 577 g/mol. The van der Waals surface area contributed by atoms with Gasteiger partial charge in [-0.2, -0.15) is 0 Å². The normalized spacial score (nSPS) is 26.6. The van der Waals surface area contributed by atoms with Gasteiger partial charge >= 0.3 is 0 Å². The van der Waals surface area contributed by atoms with Crippen LogP contribution in [0.1, 0.15) is 71.5 Å². The van der Waals surface area contributed by atoms with Crippen molar-refractivity contribution < 1.29 is 14.9 Å². The molecule has 0 unspecified atom stereocenters. The number of aryl methyl sites for hydroxylation is 1. The van der Waals surface area contributed by atoms with Crippen molar-refractivity contribution >= 4 is 33.6 Å². The molecule has 11 nitrogen and oxygen atoms in total. The van der Waals surface area contributed by atoms with Crippen molar-refractivity contribution in [1.29, 1.82) is 0 Å². The molecule has 0 amide bonds. The van der Waals surface area contributed by atoms with Gasteiger partial charge in [-0.3, -0.25) is 4.90 Å². The molecule has 226 valence electrons. The fourth-order valence-electron chi connectivity index (χ4n) is 6.63. The Labute approximate surface area is 246 Å². The molecule has 4 atom stereocenters. The quantitative estimate of drug-likeness (QED) is 0.211. The van der Waals surface area contributed by atoms with E-state index in [1.54, 1.807) is 10.8 Å². The lowest BCUT2D eigenvalue weighted by atomic mass is 9.76. The van der Waals surface area contributed by atoms with Gasteiger partial charge in [-0.05, 0) is 62.1 Å². The third-order valence-electron chi connectivity index (χ3n) is 9.20. The maximum atomic E-state index is 11.0. The Morgan fingerprint density at radius 3 is 2.62 bits per heavy atom. The van der Waals surface area contributed by atoms with Crippen molar-refractivity contribution in [3.05, 3.63) is 42.1 Å². The van der Waals surface area contributed by atoms with Crippen LogP contribution < -0.4 is 11.5 Å². The van der Waals surface area contributed by atoms with Gasteiger partial charge in [-0.15, -0.1) is 0 Å². The number of H-pyrrole nitrogens is 1. The highest BCUT2D eigenvalue weighted by Gasteiger charge is 2.46. The van der Waals surface area contributed by atoms with Crippen LogP contribution in [-0.4, -0.2) is 76.6 Å². The molecule has 7 N–H and O–H groups in total. The van der Waals surface area contributed by atoms with Gasteiger partial charge in [0.05, 0.1) is 22.1 Å². The monoisotopic (exact) mass is 576 g/mol. The van der Waals surface area contributed by atoms with Crippen molar-refractivity contribution in [1.82, 2.24) is 29.4 Å². The number of anilines is 2. The second-order valence-corrected chi connectivity index (χ2v) is 13.5. The number of benzene rings is 1. The zero-order valence-electron chi connectivity index (χ0n) is 25.2. The lowest BCUT2D eigenvalue weighted by molar-refractivity contribution is -0.0618. The first-order valence-electron chi connectivity index (χ1n) is 15.0. The van der Waals surface area contributed by atoms with Crippen LogP contribution in [0.4, 0.5) is 11.5 Å². The summed E-state index contributed by atoms with van der Waals surface area (Å²) in [6, 6.07) is 7.20. The van der Waals surface area contributed by atoms with Gasteiger partial charge in [-0.1, -0.05) is 26.8 Å². The smallest absolute Gasteiger partial charge is 0.164 e. The van der Waals surface area contributed by atoms with Crippen molar-refractivity contribution in [2.75, 3.05) is 18.0 Å². The molecular formula is C31H44N8O3. The summed E-state index contributed by atoms with van der Waals surface area (Å²) in [7, 11) is 0. The SMILES string of the molecule is CC(C)N(C[C@H]1O[C@@H](n2cc(N)c3c(N)ncnc32)[C@H](O)[C@@H]1O)C1CC(CCc2nc3ccc(C(C)(C)C)cc3[nH]2)C1. The van der Waals surface area contributed by atoms with E-state index in [4.69, 9.17) is 21.2 Å². The van der Waals surface area contributed by atoms with Crippen LogP contribution in [0.15, 0.2) is 30.7 Å². The number of aliphatic hydroxyl groups excluding tert-OH is 2. The molecule has 4 heterocycles. The molecule has 1 aliphatic carbocycles. The van der Waals surface area contributed by atoms with Gasteiger partial charge in [0.2, 0.25) is 0 Å². The Balaban J connectivity index is 1.07. The van der Waals surface area contributed by atoms with Crippen molar-refractivity contribution in [2.45, 2.75) is 102 Å². The van der Waals surface area contributed by atoms with Crippen LogP contribution >= 0.6 is 0 Å². The molecule has 0 bridgehead atoms. The van der Waals surface area contributed by atoms with Gasteiger partial charge in [0.25, 0.3) is 0 Å². The lowest BCUT2D eigenvalue weighted by Crippen LogP contribution is -2.52. The van der Waals surface area contributed by atoms with E-state index in [0.717, 1.165) is 42.5 Å². The number of imidazole rings is 1. The van der Waals surface area contributed by atoms with E-state index in [1.807, 2.05) is 0 Å². The maximum absolute atomic E-state index is 11.0. The fraction of sp³-hybridized carbons (Fsp3) is 0.581. The molecule has 0 spiro atoms. The molecule has 0 radical (unpaired) electrons. The molecule has 1 aromatic carbocycles. The summed E-state index contributed by atoms with van der Waals surface area (Å²) in [4.78, 5) is 19.1. The highest BCUT2D eigenvalue weighted by atomic mass is 16.6. The number of nitrogen functional groups attached to an aromatic ring is 2. The maximum Gasteiger partial charge on any atom is 0.164 e. The summed E-state index contributed by atoms with van der Waals surface area (Å²) in [6.07, 6.45) is 3.64. The molecule has 6 rings (SSSR count). The zero-order valence-corrected chi connectivity index (χ0v) is 25.2. The van der Waals surface area contributed by atoms with E-state index < -0.39 is 24.5 Å². The topological polar surface area (TPSA) is 164 Å². The number of hydrogen-bond acceptors (Lipinski definition) is 9. The van der Waals surface area contributed by atoms with Crippen LogP contribution in [0.2, 0.25) is 0 Å². The van der Waals surface area contributed by atoms with E-state index in [1.165, 1.54) is 11.9 Å². The minimum atomic E-state index is -1.13. The molecule has 2 aliphatic rings. The first-order chi connectivity index (χ1) is 19.9. The van der Waals surface area contributed by atoms with Gasteiger partial charge in [0.1, 0.15) is 41.9 Å². The van der Waals surface area contributed by atoms with Crippen LogP contribution in [0.5, 0.6) is 0 Å². The lowest BCUT2D eigenvalue weighted by Gasteiger charge is -2.46. The molecule has 1 aliphatic heterocycles. The summed E-state index contributed by atoms with van der Waals surface area (Å²) in [5.41, 5.74) is 16.6. The summed E-state index contributed by atoms with van der Waals surface area (Å²) in [5, 5.41) is 22.5. The molecule has 42 heavy (non-hydrogen) atoms. The molecule has 1 saturated heterocycles. The summed E-state index contributed by atoms with van der Waals surface area (Å²) >= 11 is 0. The van der Waals surface area contributed by atoms with Crippen molar-refractivity contribution in [3.63, 3.8) is 0 Å². The highest BCUT2D eigenvalue weighted by Crippen LogP contribution is 2.39. The summed E-state index contributed by atoms with van der Waals surface area (Å²) in [6.45, 7) is 11.5. The van der Waals surface area contributed by atoms with E-state index in [0.29, 0.717) is 35.2 Å². The van der Waals surface area contributed by atoms with Gasteiger partial charge in [0, 0.05) is 31.2 Å². The third kappa shape index (κ3) is 5.23. The number of fused-ring (bicyclic) bond motifs is 2. The van der Waals surface area contributed by atoms with Gasteiger partial charge in [0.15, 0.2) is 6.23 Å². The number of nitrogens with one attached hydrogen (secondary N) is 1. The highest BCUT2D eigenvalue weighted by molar-refractivity contribution is 5.97. The number of aromatic nitrogens is 5. The molecule has 3 aromatic heterocycles. The number of nitrogens with two attached hydrogens (primary N) is 2. The molecule has 1 saturated carbocycles. The fourth-order valence-corrected chi connectivity index (χ4v) is 6.63. The van der Waals surface area contributed by atoms with Crippen LogP contribution in [0, 0.1) is 5.92 Å². The molecule has 2 fully saturated rings. The Morgan fingerprint density at radius 2 is 1.90 bits per heavy atom. The standard InChI is InChI=1S/C31H44N8O3/c1-16(2)38(14-23-26(40)27(41)30(42-23)39-13-20(32)25-28(33)34-15-35-29(25)39)19-10-17(11-19)6-9-24-36-21-8-7-18(31(3,4)5)12-22(21)37-24/h7-8,12-13,15-17,19,23,26-27,30,40-41H,6,9-11,14,32H2,1-5H3,(H,36,37)(H2,33,34,35)/t17?,19?,23-,26-,27-,30-/m1/s1. The first-order valence-corrected chi connectivity index (χ1v) is 15.0. The number of ether oxygens (including phenoxy) is 1.